The summed E-state index contributed by atoms with van der Waals surface area (Å²) in [7, 11) is 0. The number of nitrogens with two attached hydrogens (primary N) is 1. The van der Waals surface area contributed by atoms with E-state index in [1.165, 1.54) is 19.3 Å². The molecule has 0 amide bonds. The molecule has 88 valence electrons. The van der Waals surface area contributed by atoms with Gasteiger partial charge in [0, 0.05) is 12.6 Å². The minimum Gasteiger partial charge on any atom is -0.367 e. The lowest BCUT2D eigenvalue weighted by Gasteiger charge is -2.18. The molecule has 1 aromatic rings. The summed E-state index contributed by atoms with van der Waals surface area (Å²) in [4.78, 5) is 4.47. The predicted octanol–water partition coefficient (Wildman–Crippen LogP) is 2.53. The topological polar surface area (TPSA) is 50.9 Å². The third-order valence-electron chi connectivity index (χ3n) is 3.34. The SMILES string of the molecule is CC1(C)CCC(Nc2cccc(CN)n2)C1. The van der Waals surface area contributed by atoms with Crippen LogP contribution in [0, 0.1) is 5.41 Å². The van der Waals surface area contributed by atoms with Gasteiger partial charge in [-0.15, -0.1) is 0 Å². The lowest BCUT2D eigenvalue weighted by atomic mass is 9.92. The molecule has 0 aromatic carbocycles. The highest BCUT2D eigenvalue weighted by atomic mass is 15.0. The number of nitrogens with one attached hydrogen (secondary N) is 1. The van der Waals surface area contributed by atoms with Crippen molar-refractivity contribution in [3.05, 3.63) is 23.9 Å². The zero-order valence-electron chi connectivity index (χ0n) is 10.2. The van der Waals surface area contributed by atoms with Gasteiger partial charge >= 0.3 is 0 Å². The zero-order valence-corrected chi connectivity index (χ0v) is 10.2. The first-order chi connectivity index (χ1) is 7.59. The maximum Gasteiger partial charge on any atom is 0.126 e. The standard InChI is InChI=1S/C13H21N3/c1-13(2)7-6-10(8-13)15-12-5-3-4-11(9-14)16-12/h3-5,10H,6-9,14H2,1-2H3,(H,15,16). The Morgan fingerprint density at radius 2 is 2.31 bits per heavy atom. The molecule has 0 bridgehead atoms. The van der Waals surface area contributed by atoms with Crippen LogP contribution in [-0.4, -0.2) is 11.0 Å². The number of nitrogens with zero attached hydrogens (tertiary/aromatic N) is 1. The van der Waals surface area contributed by atoms with Crippen molar-refractivity contribution in [3.8, 4) is 0 Å². The molecule has 1 saturated carbocycles. The Balaban J connectivity index is 1.99. The molecular formula is C13H21N3. The third-order valence-corrected chi connectivity index (χ3v) is 3.34. The molecule has 1 aliphatic carbocycles. The third kappa shape index (κ3) is 2.73. The van der Waals surface area contributed by atoms with E-state index in [9.17, 15) is 0 Å². The van der Waals surface area contributed by atoms with E-state index in [0.717, 1.165) is 11.5 Å². The molecule has 3 heteroatoms. The summed E-state index contributed by atoms with van der Waals surface area (Å²) in [6.45, 7) is 5.17. The molecule has 3 N–H and O–H groups in total. The normalized spacial score (nSPS) is 23.3. The van der Waals surface area contributed by atoms with Crippen LogP contribution in [0.4, 0.5) is 5.82 Å². The number of pyridine rings is 1. The van der Waals surface area contributed by atoms with E-state index in [0.29, 0.717) is 18.0 Å². The van der Waals surface area contributed by atoms with Gasteiger partial charge in [0.25, 0.3) is 0 Å². The fourth-order valence-corrected chi connectivity index (χ4v) is 2.44. The fourth-order valence-electron chi connectivity index (χ4n) is 2.44. The lowest BCUT2D eigenvalue weighted by molar-refractivity contribution is 0.378. The fraction of sp³-hybridized carbons (Fsp3) is 0.615. The first-order valence-corrected chi connectivity index (χ1v) is 6.02. The number of aromatic nitrogens is 1. The van der Waals surface area contributed by atoms with Gasteiger partial charge in [0.05, 0.1) is 5.69 Å². The highest BCUT2D eigenvalue weighted by Gasteiger charge is 2.30. The van der Waals surface area contributed by atoms with Gasteiger partial charge in [0.1, 0.15) is 5.82 Å². The maximum absolute atomic E-state index is 5.58. The summed E-state index contributed by atoms with van der Waals surface area (Å²) in [6.07, 6.45) is 3.75. The van der Waals surface area contributed by atoms with Crippen LogP contribution in [0.5, 0.6) is 0 Å². The van der Waals surface area contributed by atoms with Crippen LogP contribution in [0.3, 0.4) is 0 Å². The van der Waals surface area contributed by atoms with Crippen molar-refractivity contribution in [1.82, 2.24) is 4.98 Å². The summed E-state index contributed by atoms with van der Waals surface area (Å²) in [5.74, 6) is 0.964. The highest BCUT2D eigenvalue weighted by Crippen LogP contribution is 2.38. The average Bonchev–Trinajstić information content (AvgIpc) is 2.58. The van der Waals surface area contributed by atoms with Gasteiger partial charge in [0.15, 0.2) is 0 Å². The van der Waals surface area contributed by atoms with Gasteiger partial charge in [0.2, 0.25) is 0 Å². The van der Waals surface area contributed by atoms with Crippen molar-refractivity contribution < 1.29 is 0 Å². The number of hydrogen-bond acceptors (Lipinski definition) is 3. The number of rotatable bonds is 3. The van der Waals surface area contributed by atoms with Gasteiger partial charge < -0.3 is 11.1 Å². The van der Waals surface area contributed by atoms with Gasteiger partial charge in [-0.3, -0.25) is 0 Å². The molecule has 3 nitrogen and oxygen atoms in total. The molecule has 0 radical (unpaired) electrons. The molecule has 1 atom stereocenters. The van der Waals surface area contributed by atoms with Crippen molar-refractivity contribution in [2.45, 2.75) is 45.7 Å². The predicted molar refractivity (Wildman–Crippen MR) is 67.2 cm³/mol. The number of anilines is 1. The monoisotopic (exact) mass is 219 g/mol. The van der Waals surface area contributed by atoms with Crippen molar-refractivity contribution >= 4 is 5.82 Å². The van der Waals surface area contributed by atoms with Crippen molar-refractivity contribution in [2.75, 3.05) is 5.32 Å². The smallest absolute Gasteiger partial charge is 0.126 e. The Hall–Kier alpha value is -1.09. The first-order valence-electron chi connectivity index (χ1n) is 6.02. The molecule has 1 fully saturated rings. The van der Waals surface area contributed by atoms with Crippen molar-refractivity contribution in [2.24, 2.45) is 11.1 Å². The average molecular weight is 219 g/mol. The minimum atomic E-state index is 0.475. The van der Waals surface area contributed by atoms with Crippen molar-refractivity contribution in [3.63, 3.8) is 0 Å². The molecule has 1 aliphatic rings. The summed E-state index contributed by atoms with van der Waals surface area (Å²) in [5.41, 5.74) is 7.00. The Morgan fingerprint density at radius 1 is 1.50 bits per heavy atom. The minimum absolute atomic E-state index is 0.475. The van der Waals surface area contributed by atoms with E-state index in [2.05, 4.69) is 24.1 Å². The van der Waals surface area contributed by atoms with Gasteiger partial charge in [-0.05, 0) is 36.8 Å². The molecular weight excluding hydrogens is 198 g/mol. The summed E-state index contributed by atoms with van der Waals surface area (Å²) >= 11 is 0. The Bertz CT molecular complexity index is 360. The molecule has 1 aromatic heterocycles. The van der Waals surface area contributed by atoms with Crippen LogP contribution >= 0.6 is 0 Å². The molecule has 0 saturated heterocycles. The first kappa shape index (κ1) is 11.4. The Morgan fingerprint density at radius 3 is 2.94 bits per heavy atom. The largest absolute Gasteiger partial charge is 0.367 e. The number of hydrogen-bond donors (Lipinski definition) is 2. The summed E-state index contributed by atoms with van der Waals surface area (Å²) in [6, 6.07) is 6.56. The van der Waals surface area contributed by atoms with Crippen LogP contribution in [0.1, 0.15) is 38.8 Å². The van der Waals surface area contributed by atoms with Crippen LogP contribution in [-0.2, 0) is 6.54 Å². The van der Waals surface area contributed by atoms with Gasteiger partial charge in [-0.1, -0.05) is 19.9 Å². The van der Waals surface area contributed by atoms with Crippen LogP contribution < -0.4 is 11.1 Å². The van der Waals surface area contributed by atoms with E-state index >= 15 is 0 Å². The Labute approximate surface area is 97.5 Å². The molecule has 2 rings (SSSR count). The van der Waals surface area contributed by atoms with E-state index in [1.807, 2.05) is 18.2 Å². The molecule has 0 spiro atoms. The van der Waals surface area contributed by atoms with E-state index < -0.39 is 0 Å². The highest BCUT2D eigenvalue weighted by molar-refractivity contribution is 5.36. The van der Waals surface area contributed by atoms with Crippen LogP contribution in [0.25, 0.3) is 0 Å². The molecule has 16 heavy (non-hydrogen) atoms. The van der Waals surface area contributed by atoms with Gasteiger partial charge in [-0.2, -0.15) is 0 Å². The molecule has 1 heterocycles. The zero-order chi connectivity index (χ0) is 11.6. The lowest BCUT2D eigenvalue weighted by Crippen LogP contribution is -2.18. The van der Waals surface area contributed by atoms with Gasteiger partial charge in [-0.25, -0.2) is 4.98 Å². The Kier molecular flexibility index (Phi) is 3.15. The second-order valence-corrected chi connectivity index (χ2v) is 5.47. The van der Waals surface area contributed by atoms with E-state index in [1.54, 1.807) is 0 Å². The maximum atomic E-state index is 5.58. The quantitative estimate of drug-likeness (QED) is 0.821. The summed E-state index contributed by atoms with van der Waals surface area (Å²) < 4.78 is 0. The molecule has 1 unspecified atom stereocenters. The van der Waals surface area contributed by atoms with E-state index in [4.69, 9.17) is 5.73 Å². The van der Waals surface area contributed by atoms with Crippen LogP contribution in [0.2, 0.25) is 0 Å². The second-order valence-electron chi connectivity index (χ2n) is 5.47. The van der Waals surface area contributed by atoms with Crippen molar-refractivity contribution in [1.29, 1.82) is 0 Å². The second kappa shape index (κ2) is 4.42. The van der Waals surface area contributed by atoms with E-state index in [-0.39, 0.29) is 0 Å². The molecule has 0 aliphatic heterocycles. The van der Waals surface area contributed by atoms with Crippen LogP contribution in [0.15, 0.2) is 18.2 Å². The summed E-state index contributed by atoms with van der Waals surface area (Å²) in [5, 5.41) is 3.50.